The van der Waals surface area contributed by atoms with Crippen molar-refractivity contribution in [3.63, 3.8) is 0 Å². The lowest BCUT2D eigenvalue weighted by molar-refractivity contribution is 0.111. The molecule has 0 amide bonds. The van der Waals surface area contributed by atoms with Gasteiger partial charge in [-0.1, -0.05) is 59.7 Å². The fourth-order valence-corrected chi connectivity index (χ4v) is 6.25. The molecule has 1 aliphatic heterocycles. The first-order valence-corrected chi connectivity index (χ1v) is 16.9. The van der Waals surface area contributed by atoms with Crippen molar-refractivity contribution < 1.29 is 29.7 Å². The molecule has 1 saturated heterocycles. The van der Waals surface area contributed by atoms with Crippen LogP contribution in [0.4, 0.5) is 0 Å². The van der Waals surface area contributed by atoms with Crippen LogP contribution in [0.1, 0.15) is 124 Å². The van der Waals surface area contributed by atoms with Gasteiger partial charge in [-0.25, -0.2) is 0 Å². The Balaban J connectivity index is 1.69. The molecule has 0 aliphatic carbocycles. The van der Waals surface area contributed by atoms with Crippen LogP contribution in [-0.4, -0.2) is 88.1 Å². The summed E-state index contributed by atoms with van der Waals surface area (Å²) < 4.78 is 0. The molecular weight excluding hydrogens is 606 g/mol. The second-order valence-corrected chi connectivity index (χ2v) is 14.0. The molecule has 0 saturated carbocycles. The minimum atomic E-state index is -0.00313. The first-order valence-electron chi connectivity index (χ1n) is 16.9. The van der Waals surface area contributed by atoms with E-state index in [2.05, 4.69) is 56.2 Å². The van der Waals surface area contributed by atoms with Gasteiger partial charge in [0.05, 0.1) is 16.7 Å². The van der Waals surface area contributed by atoms with Crippen LogP contribution in [-0.2, 0) is 19.6 Å². The number of carbonyl (C=O) groups excluding carboxylic acids is 3. The molecule has 1 aliphatic rings. The van der Waals surface area contributed by atoms with Gasteiger partial charge in [-0.2, -0.15) is 0 Å². The van der Waals surface area contributed by atoms with Gasteiger partial charge in [-0.3, -0.25) is 29.1 Å². The van der Waals surface area contributed by atoms with Crippen LogP contribution in [0.15, 0.2) is 36.4 Å². The Morgan fingerprint density at radius 3 is 0.896 bits per heavy atom. The zero-order valence-corrected chi connectivity index (χ0v) is 29.2. The summed E-state index contributed by atoms with van der Waals surface area (Å²) in [7, 11) is 0. The highest BCUT2D eigenvalue weighted by Crippen LogP contribution is 2.31. The lowest BCUT2D eigenvalue weighted by Gasteiger charge is -2.27. The van der Waals surface area contributed by atoms with E-state index in [1.807, 2.05) is 18.2 Å². The Morgan fingerprint density at radius 1 is 0.479 bits per heavy atom. The molecule has 3 N–H and O–H groups in total. The van der Waals surface area contributed by atoms with Crippen molar-refractivity contribution in [1.82, 2.24) is 14.7 Å². The summed E-state index contributed by atoms with van der Waals surface area (Å²) in [5.41, 5.74) is 5.86. The van der Waals surface area contributed by atoms with E-state index >= 15 is 0 Å². The van der Waals surface area contributed by atoms with E-state index in [1.165, 1.54) is 0 Å². The third-order valence-electron chi connectivity index (χ3n) is 9.48. The molecule has 48 heavy (non-hydrogen) atoms. The normalized spacial score (nSPS) is 15.4. The monoisotopic (exact) mass is 657 g/mol. The smallest absolute Gasteiger partial charge is 0.153 e. The van der Waals surface area contributed by atoms with Crippen LogP contribution in [0.2, 0.25) is 0 Å². The third-order valence-corrected chi connectivity index (χ3v) is 9.48. The van der Waals surface area contributed by atoms with Crippen molar-refractivity contribution in [2.24, 2.45) is 0 Å². The number of hydrogen-bond donors (Lipinski definition) is 3. The summed E-state index contributed by atoms with van der Waals surface area (Å²) in [5, 5.41) is 33.0. The van der Waals surface area contributed by atoms with Crippen LogP contribution >= 0.6 is 0 Å². The van der Waals surface area contributed by atoms with Gasteiger partial charge in [0.25, 0.3) is 0 Å². The van der Waals surface area contributed by atoms with Crippen molar-refractivity contribution in [2.45, 2.75) is 78.9 Å². The average molecular weight is 658 g/mol. The largest absolute Gasteiger partial charge is 0.507 e. The van der Waals surface area contributed by atoms with Gasteiger partial charge in [0.15, 0.2) is 18.9 Å². The zero-order valence-electron chi connectivity index (χ0n) is 29.2. The summed E-state index contributed by atoms with van der Waals surface area (Å²) in [6.45, 7) is 17.6. The highest BCUT2D eigenvalue weighted by atomic mass is 16.3. The van der Waals surface area contributed by atoms with Crippen molar-refractivity contribution in [2.75, 3.05) is 39.3 Å². The van der Waals surface area contributed by atoms with Gasteiger partial charge in [0, 0.05) is 75.6 Å². The number of nitrogens with zero attached hydrogens (tertiary/aromatic N) is 3. The van der Waals surface area contributed by atoms with Crippen LogP contribution in [0.25, 0.3) is 0 Å². The predicted octanol–water partition coefficient (Wildman–Crippen LogP) is 6.43. The number of aldehydes is 3. The van der Waals surface area contributed by atoms with E-state index in [-0.39, 0.29) is 51.7 Å². The molecule has 0 bridgehead atoms. The quantitative estimate of drug-likeness (QED) is 0.189. The molecule has 1 fully saturated rings. The summed E-state index contributed by atoms with van der Waals surface area (Å²) in [5.74, 6) is 0.534. The van der Waals surface area contributed by atoms with Gasteiger partial charge >= 0.3 is 0 Å². The molecule has 1 heterocycles. The molecular formula is C39H51N3O6. The minimum Gasteiger partial charge on any atom is -0.507 e. The maximum Gasteiger partial charge on any atom is 0.153 e. The molecule has 3 aromatic rings. The molecule has 9 nitrogen and oxygen atoms in total. The van der Waals surface area contributed by atoms with Gasteiger partial charge in [-0.05, 0) is 52.6 Å². The Morgan fingerprint density at radius 2 is 0.708 bits per heavy atom. The maximum absolute atomic E-state index is 11.8. The van der Waals surface area contributed by atoms with Crippen LogP contribution in [0.5, 0.6) is 17.2 Å². The standard InChI is InChI=1S/C39H51N3O6/c1-25(2)28-13-31(37(46)34(16-28)22-43)19-40-7-9-41(20-32-14-29(26(3)4)17-35(23-44)38(32)47)11-12-42(10-8-40)21-33-15-30(27(5)6)18-36(24-45)39(33)48/h13-18,22-27,46-48H,7-12,19-21H2,1-6H3. The van der Waals surface area contributed by atoms with Crippen molar-refractivity contribution >= 4 is 18.9 Å². The SMILES string of the molecule is CC(C)c1cc(C=O)c(O)c(CN2CCN(Cc3cc(C(C)C)cc(C=O)c3O)CCN(Cc3cc(C(C)C)cc(C=O)c3O)CC2)c1. The number of benzene rings is 3. The Kier molecular flexibility index (Phi) is 12.5. The molecule has 0 atom stereocenters. The summed E-state index contributed by atoms with van der Waals surface area (Å²) in [4.78, 5) is 42.3. The number of rotatable bonds is 12. The van der Waals surface area contributed by atoms with Gasteiger partial charge in [-0.15, -0.1) is 0 Å². The third kappa shape index (κ3) is 8.89. The number of carbonyl (C=O) groups is 3. The highest BCUT2D eigenvalue weighted by molar-refractivity contribution is 5.81. The van der Waals surface area contributed by atoms with Crippen LogP contribution in [0.3, 0.4) is 0 Å². The van der Waals surface area contributed by atoms with E-state index in [4.69, 9.17) is 0 Å². The predicted molar refractivity (Wildman–Crippen MR) is 189 cm³/mol. The highest BCUT2D eigenvalue weighted by Gasteiger charge is 2.23. The Labute approximate surface area is 284 Å². The molecule has 258 valence electrons. The second-order valence-electron chi connectivity index (χ2n) is 14.0. The minimum absolute atomic E-state index is 0.00313. The first kappa shape index (κ1) is 36.8. The molecule has 0 spiro atoms. The van der Waals surface area contributed by atoms with Gasteiger partial charge in [0.2, 0.25) is 0 Å². The van der Waals surface area contributed by atoms with Crippen molar-refractivity contribution in [1.29, 1.82) is 0 Å². The van der Waals surface area contributed by atoms with Gasteiger partial charge < -0.3 is 15.3 Å². The Bertz CT molecular complexity index is 1410. The van der Waals surface area contributed by atoms with Crippen LogP contribution < -0.4 is 0 Å². The van der Waals surface area contributed by atoms with Crippen molar-refractivity contribution in [3.05, 3.63) is 86.5 Å². The lowest BCUT2D eigenvalue weighted by atomic mass is 9.96. The fourth-order valence-electron chi connectivity index (χ4n) is 6.25. The fraction of sp³-hybridized carbons (Fsp3) is 0.462. The van der Waals surface area contributed by atoms with Crippen LogP contribution in [0, 0.1) is 0 Å². The molecule has 9 heteroatoms. The zero-order chi connectivity index (χ0) is 35.1. The van der Waals surface area contributed by atoms with E-state index in [1.54, 1.807) is 18.2 Å². The Hall–Kier alpha value is -4.05. The number of phenolic OH excluding ortho intramolecular Hbond substituents is 3. The molecule has 0 radical (unpaired) electrons. The summed E-state index contributed by atoms with van der Waals surface area (Å²) in [6.07, 6.45) is 2.09. The van der Waals surface area contributed by atoms with E-state index < -0.39 is 0 Å². The molecule has 0 aromatic heterocycles. The van der Waals surface area contributed by atoms with Crippen molar-refractivity contribution in [3.8, 4) is 17.2 Å². The topological polar surface area (TPSA) is 122 Å². The maximum atomic E-state index is 11.8. The summed E-state index contributed by atoms with van der Waals surface area (Å²) >= 11 is 0. The molecule has 3 aromatic carbocycles. The number of hydrogen-bond acceptors (Lipinski definition) is 9. The first-order chi connectivity index (χ1) is 22.8. The lowest BCUT2D eigenvalue weighted by Crippen LogP contribution is -2.35. The van der Waals surface area contributed by atoms with E-state index in [9.17, 15) is 29.7 Å². The molecule has 0 unspecified atom stereocenters. The van der Waals surface area contributed by atoms with Gasteiger partial charge in [0.1, 0.15) is 17.2 Å². The van der Waals surface area contributed by atoms with E-state index in [0.717, 1.165) is 16.7 Å². The number of phenols is 3. The average Bonchev–Trinajstić information content (AvgIpc) is 3.14. The summed E-state index contributed by atoms with van der Waals surface area (Å²) in [6, 6.07) is 11.2. The van der Waals surface area contributed by atoms with E-state index in [0.29, 0.717) is 94.5 Å². The molecule has 4 rings (SSSR count). The second kappa shape index (κ2) is 16.4. The number of aromatic hydroxyl groups is 3.